The van der Waals surface area contributed by atoms with Crippen LogP contribution in [-0.4, -0.2) is 36.7 Å². The summed E-state index contributed by atoms with van der Waals surface area (Å²) in [6, 6.07) is 15.9. The van der Waals surface area contributed by atoms with Crippen LogP contribution in [-0.2, 0) is 4.79 Å². The Balaban J connectivity index is 1.55. The molecule has 0 spiro atoms. The summed E-state index contributed by atoms with van der Waals surface area (Å²) in [6.07, 6.45) is 4.47. The molecule has 0 aliphatic carbocycles. The van der Waals surface area contributed by atoms with E-state index in [1.165, 1.54) is 19.5 Å². The standard InChI is InChI=1S/C23H22N4O4/c1-16-5-8-19(9-6-16)25-15-22(28)27-26-13-17-7-10-20(21(12-17)30-2)31-23(29)18-4-3-11-24-14-18/h3-14,25H,15H2,1-2H3,(H,27,28)/b26-13-. The molecule has 2 N–H and O–H groups in total. The molecule has 0 radical (unpaired) electrons. The van der Waals surface area contributed by atoms with Crippen LogP contribution >= 0.6 is 0 Å². The summed E-state index contributed by atoms with van der Waals surface area (Å²) in [7, 11) is 1.47. The molecule has 0 fully saturated rings. The molecule has 0 aliphatic rings. The van der Waals surface area contributed by atoms with Crippen molar-refractivity contribution < 1.29 is 19.1 Å². The van der Waals surface area contributed by atoms with Gasteiger partial charge in [-0.1, -0.05) is 17.7 Å². The monoisotopic (exact) mass is 418 g/mol. The Bertz CT molecular complexity index is 1070. The van der Waals surface area contributed by atoms with Gasteiger partial charge in [-0.3, -0.25) is 9.78 Å². The number of aryl methyl sites for hydroxylation is 1. The first-order valence-corrected chi connectivity index (χ1v) is 9.48. The van der Waals surface area contributed by atoms with Gasteiger partial charge >= 0.3 is 5.97 Å². The van der Waals surface area contributed by atoms with Gasteiger partial charge in [-0.05, 0) is 55.0 Å². The molecular formula is C23H22N4O4. The van der Waals surface area contributed by atoms with Gasteiger partial charge in [0.2, 0.25) is 0 Å². The van der Waals surface area contributed by atoms with Crippen LogP contribution in [0.15, 0.2) is 72.1 Å². The Kier molecular flexibility index (Phi) is 7.31. The second-order valence-electron chi connectivity index (χ2n) is 6.55. The first kappa shape index (κ1) is 21.5. The molecule has 0 saturated heterocycles. The summed E-state index contributed by atoms with van der Waals surface area (Å²) >= 11 is 0. The summed E-state index contributed by atoms with van der Waals surface area (Å²) in [5.41, 5.74) is 5.44. The molecule has 0 saturated carbocycles. The topological polar surface area (TPSA) is 102 Å². The van der Waals surface area contributed by atoms with E-state index in [0.29, 0.717) is 16.9 Å². The Morgan fingerprint density at radius 3 is 2.61 bits per heavy atom. The van der Waals surface area contributed by atoms with Crippen molar-refractivity contribution in [1.82, 2.24) is 10.4 Å². The summed E-state index contributed by atoms with van der Waals surface area (Å²) in [6.45, 7) is 2.09. The molecule has 8 nitrogen and oxygen atoms in total. The molecule has 158 valence electrons. The lowest BCUT2D eigenvalue weighted by Crippen LogP contribution is -2.25. The smallest absolute Gasteiger partial charge is 0.345 e. The highest BCUT2D eigenvalue weighted by molar-refractivity contribution is 5.91. The molecule has 0 aliphatic heterocycles. The number of methoxy groups -OCH3 is 1. The van der Waals surface area contributed by atoms with E-state index in [-0.39, 0.29) is 18.2 Å². The molecule has 31 heavy (non-hydrogen) atoms. The van der Waals surface area contributed by atoms with Crippen LogP contribution in [0.1, 0.15) is 21.5 Å². The number of aromatic nitrogens is 1. The van der Waals surface area contributed by atoms with E-state index < -0.39 is 5.97 Å². The van der Waals surface area contributed by atoms with Crippen LogP contribution in [0.4, 0.5) is 5.69 Å². The van der Waals surface area contributed by atoms with E-state index in [9.17, 15) is 9.59 Å². The maximum absolute atomic E-state index is 12.2. The van der Waals surface area contributed by atoms with Crippen molar-refractivity contribution in [2.45, 2.75) is 6.92 Å². The summed E-state index contributed by atoms with van der Waals surface area (Å²) in [4.78, 5) is 28.0. The van der Waals surface area contributed by atoms with E-state index in [4.69, 9.17) is 9.47 Å². The van der Waals surface area contributed by atoms with Crippen LogP contribution in [0.2, 0.25) is 0 Å². The Morgan fingerprint density at radius 2 is 1.90 bits per heavy atom. The van der Waals surface area contributed by atoms with Crippen LogP contribution in [0.3, 0.4) is 0 Å². The summed E-state index contributed by atoms with van der Waals surface area (Å²) < 4.78 is 10.7. The van der Waals surface area contributed by atoms with Gasteiger partial charge < -0.3 is 14.8 Å². The highest BCUT2D eigenvalue weighted by Crippen LogP contribution is 2.28. The number of anilines is 1. The minimum absolute atomic E-state index is 0.0902. The quantitative estimate of drug-likeness (QED) is 0.252. The van der Waals surface area contributed by atoms with Gasteiger partial charge in [-0.25, -0.2) is 10.2 Å². The zero-order valence-corrected chi connectivity index (χ0v) is 17.2. The maximum atomic E-state index is 12.2. The number of hydrazone groups is 1. The average Bonchev–Trinajstić information content (AvgIpc) is 2.80. The largest absolute Gasteiger partial charge is 0.493 e. The lowest BCUT2D eigenvalue weighted by molar-refractivity contribution is -0.119. The lowest BCUT2D eigenvalue weighted by Gasteiger charge is -2.09. The van der Waals surface area contributed by atoms with E-state index >= 15 is 0 Å². The Hall–Kier alpha value is -4.20. The number of nitrogens with one attached hydrogen (secondary N) is 2. The normalized spacial score (nSPS) is 10.5. The number of rotatable bonds is 8. The number of carbonyl (C=O) groups is 2. The van der Waals surface area contributed by atoms with Gasteiger partial charge in [-0.15, -0.1) is 0 Å². The first-order chi connectivity index (χ1) is 15.0. The van der Waals surface area contributed by atoms with Crippen LogP contribution in [0.5, 0.6) is 11.5 Å². The zero-order chi connectivity index (χ0) is 22.1. The lowest BCUT2D eigenvalue weighted by atomic mass is 10.2. The number of pyridine rings is 1. The molecular weight excluding hydrogens is 396 g/mol. The van der Waals surface area contributed by atoms with Gasteiger partial charge in [0.1, 0.15) is 0 Å². The molecule has 3 aromatic rings. The predicted octanol–water partition coefficient (Wildman–Crippen LogP) is 3.18. The van der Waals surface area contributed by atoms with E-state index in [1.54, 1.807) is 36.5 Å². The molecule has 0 atom stereocenters. The molecule has 1 aromatic heterocycles. The molecule has 8 heteroatoms. The van der Waals surface area contributed by atoms with Gasteiger partial charge in [-0.2, -0.15) is 5.10 Å². The minimum Gasteiger partial charge on any atom is -0.493 e. The number of carbonyl (C=O) groups excluding carboxylic acids is 2. The van der Waals surface area contributed by atoms with Crippen molar-refractivity contribution >= 4 is 23.8 Å². The number of benzene rings is 2. The fraction of sp³-hybridized carbons (Fsp3) is 0.130. The maximum Gasteiger partial charge on any atom is 0.345 e. The van der Waals surface area contributed by atoms with Crippen molar-refractivity contribution in [3.05, 3.63) is 83.7 Å². The van der Waals surface area contributed by atoms with Gasteiger partial charge in [0.15, 0.2) is 11.5 Å². The molecule has 0 bridgehead atoms. The van der Waals surface area contributed by atoms with Crippen LogP contribution < -0.4 is 20.2 Å². The third-order valence-electron chi connectivity index (χ3n) is 4.20. The van der Waals surface area contributed by atoms with E-state index in [2.05, 4.69) is 20.8 Å². The highest BCUT2D eigenvalue weighted by Gasteiger charge is 2.12. The van der Waals surface area contributed by atoms with E-state index in [0.717, 1.165) is 11.3 Å². The average molecular weight is 418 g/mol. The predicted molar refractivity (Wildman–Crippen MR) is 118 cm³/mol. The van der Waals surface area contributed by atoms with Gasteiger partial charge in [0.25, 0.3) is 5.91 Å². The zero-order valence-electron chi connectivity index (χ0n) is 17.2. The van der Waals surface area contributed by atoms with E-state index in [1.807, 2.05) is 31.2 Å². The van der Waals surface area contributed by atoms with Crippen molar-refractivity contribution in [3.8, 4) is 11.5 Å². The molecule has 3 rings (SSSR count). The van der Waals surface area contributed by atoms with Crippen molar-refractivity contribution in [2.24, 2.45) is 5.10 Å². The number of hydrogen-bond donors (Lipinski definition) is 2. The summed E-state index contributed by atoms with van der Waals surface area (Å²) in [5, 5.41) is 6.96. The van der Waals surface area contributed by atoms with Crippen LogP contribution in [0.25, 0.3) is 0 Å². The van der Waals surface area contributed by atoms with Crippen molar-refractivity contribution in [1.29, 1.82) is 0 Å². The SMILES string of the molecule is COc1cc(/C=N\NC(=O)CNc2ccc(C)cc2)ccc1OC(=O)c1cccnc1. The van der Waals surface area contributed by atoms with Gasteiger partial charge in [0, 0.05) is 18.1 Å². The highest BCUT2D eigenvalue weighted by atomic mass is 16.6. The molecule has 0 unspecified atom stereocenters. The molecule has 1 heterocycles. The second kappa shape index (κ2) is 10.5. The number of hydrogen-bond acceptors (Lipinski definition) is 7. The third-order valence-corrected chi connectivity index (χ3v) is 4.20. The number of esters is 1. The van der Waals surface area contributed by atoms with Crippen molar-refractivity contribution in [3.63, 3.8) is 0 Å². The molecule has 1 amide bonds. The van der Waals surface area contributed by atoms with Gasteiger partial charge in [0.05, 0.1) is 25.4 Å². The Morgan fingerprint density at radius 1 is 1.10 bits per heavy atom. The third kappa shape index (κ3) is 6.40. The first-order valence-electron chi connectivity index (χ1n) is 9.48. The van der Waals surface area contributed by atoms with Crippen LogP contribution in [0, 0.1) is 6.92 Å². The number of nitrogens with zero attached hydrogens (tertiary/aromatic N) is 2. The number of amides is 1. The Labute approximate surface area is 179 Å². The van der Waals surface area contributed by atoms with Crippen molar-refractivity contribution in [2.75, 3.05) is 19.0 Å². The molecule has 2 aromatic carbocycles. The summed E-state index contributed by atoms with van der Waals surface area (Å²) in [5.74, 6) is -0.208. The minimum atomic E-state index is -0.541. The second-order valence-corrected chi connectivity index (χ2v) is 6.55. The number of ether oxygens (including phenoxy) is 2. The fourth-order valence-corrected chi connectivity index (χ4v) is 2.56. The fourth-order valence-electron chi connectivity index (χ4n) is 2.56.